The summed E-state index contributed by atoms with van der Waals surface area (Å²) in [6, 6.07) is 24.2. The van der Waals surface area contributed by atoms with Crippen LogP contribution < -0.4 is 10.1 Å². The van der Waals surface area contributed by atoms with E-state index in [1.165, 1.54) is 5.52 Å². The number of unbranched alkanes of at least 4 members (excludes halogenated alkanes) is 2. The van der Waals surface area contributed by atoms with Crippen molar-refractivity contribution in [2.75, 3.05) is 13.2 Å². The van der Waals surface area contributed by atoms with Gasteiger partial charge in [0.1, 0.15) is 11.6 Å². The van der Waals surface area contributed by atoms with Gasteiger partial charge in [-0.3, -0.25) is 4.79 Å². The molecule has 0 atom stereocenters. The lowest BCUT2D eigenvalue weighted by atomic mass is 10.1. The molecule has 1 N–H and O–H groups in total. The quantitative estimate of drug-likeness (QED) is 0.249. The predicted molar refractivity (Wildman–Crippen MR) is 142 cm³/mol. The average molecular weight is 470 g/mol. The highest BCUT2D eigenvalue weighted by atomic mass is 16.5. The maximum absolute atomic E-state index is 12.4. The number of benzene rings is 3. The van der Waals surface area contributed by atoms with Gasteiger partial charge in [-0.15, -0.1) is 0 Å². The van der Waals surface area contributed by atoms with Crippen molar-refractivity contribution < 1.29 is 9.53 Å². The minimum atomic E-state index is 0.0119. The van der Waals surface area contributed by atoms with Crippen LogP contribution >= 0.6 is 0 Å². The number of imidazole rings is 1. The lowest BCUT2D eigenvalue weighted by molar-refractivity contribution is 0.0952. The van der Waals surface area contributed by atoms with E-state index in [1.807, 2.05) is 55.5 Å². The number of hydrogen-bond acceptors (Lipinski definition) is 3. The lowest BCUT2D eigenvalue weighted by Gasteiger charge is -2.12. The van der Waals surface area contributed by atoms with Gasteiger partial charge in [0.25, 0.3) is 5.91 Å². The summed E-state index contributed by atoms with van der Waals surface area (Å²) in [5, 5.41) is 3.05. The molecular weight excluding hydrogens is 434 g/mol. The fraction of sp³-hybridized carbons (Fsp3) is 0.333. The average Bonchev–Trinajstić information content (AvgIpc) is 3.22. The Morgan fingerprint density at radius 3 is 2.43 bits per heavy atom. The topological polar surface area (TPSA) is 56.1 Å². The second kappa shape index (κ2) is 12.2. The van der Waals surface area contributed by atoms with E-state index in [1.54, 1.807) is 0 Å². The van der Waals surface area contributed by atoms with Crippen molar-refractivity contribution in [2.24, 2.45) is 0 Å². The zero-order valence-corrected chi connectivity index (χ0v) is 20.8. The molecule has 1 heterocycles. The molecule has 1 amide bonds. The largest absolute Gasteiger partial charge is 0.493 e. The second-order valence-corrected chi connectivity index (χ2v) is 9.02. The van der Waals surface area contributed by atoms with Gasteiger partial charge in [0.2, 0.25) is 0 Å². The zero-order valence-electron chi connectivity index (χ0n) is 20.8. The third-order valence-corrected chi connectivity index (χ3v) is 6.36. The molecule has 0 aliphatic rings. The number of carbonyl (C=O) groups is 1. The molecule has 0 saturated carbocycles. The van der Waals surface area contributed by atoms with Crippen molar-refractivity contribution in [2.45, 2.75) is 52.5 Å². The van der Waals surface area contributed by atoms with E-state index in [2.05, 4.69) is 41.1 Å². The molecule has 35 heavy (non-hydrogen) atoms. The first kappa shape index (κ1) is 24.5. The molecule has 5 heteroatoms. The summed E-state index contributed by atoms with van der Waals surface area (Å²) < 4.78 is 8.35. The standard InChI is InChI=1S/C30H35N3O2/c1-23-13-5-7-15-25(23)30(34)31-20-11-3-4-19-29-32-26-16-8-9-17-27(26)33(29)21-12-22-35-28-18-10-6-14-24(28)2/h5-10,13-18H,3-4,11-12,19-22H2,1-2H3,(H,31,34). The lowest BCUT2D eigenvalue weighted by Crippen LogP contribution is -2.25. The summed E-state index contributed by atoms with van der Waals surface area (Å²) in [6.07, 6.45) is 4.91. The second-order valence-electron chi connectivity index (χ2n) is 9.02. The normalized spacial score (nSPS) is 11.0. The van der Waals surface area contributed by atoms with Crippen LogP contribution in [0.1, 0.15) is 53.0 Å². The fourth-order valence-electron chi connectivity index (χ4n) is 4.40. The third-order valence-electron chi connectivity index (χ3n) is 6.36. The van der Waals surface area contributed by atoms with Crippen LogP contribution in [-0.2, 0) is 13.0 Å². The Kier molecular flexibility index (Phi) is 8.55. The van der Waals surface area contributed by atoms with Gasteiger partial charge in [-0.2, -0.15) is 0 Å². The van der Waals surface area contributed by atoms with Crippen LogP contribution in [0.4, 0.5) is 0 Å². The van der Waals surface area contributed by atoms with Crippen molar-refractivity contribution in [1.29, 1.82) is 0 Å². The maximum atomic E-state index is 12.4. The number of nitrogens with one attached hydrogen (secondary N) is 1. The Hall–Kier alpha value is -3.60. The molecule has 0 aliphatic heterocycles. The minimum absolute atomic E-state index is 0.0119. The van der Waals surface area contributed by atoms with Crippen LogP contribution in [0.25, 0.3) is 11.0 Å². The molecule has 0 radical (unpaired) electrons. The number of carbonyl (C=O) groups excluding carboxylic acids is 1. The Balaban J connectivity index is 1.25. The molecule has 182 valence electrons. The number of rotatable bonds is 12. The maximum Gasteiger partial charge on any atom is 0.251 e. The van der Waals surface area contributed by atoms with Crippen molar-refractivity contribution in [3.05, 3.63) is 95.3 Å². The van der Waals surface area contributed by atoms with Crippen LogP contribution in [0.5, 0.6) is 5.75 Å². The van der Waals surface area contributed by atoms with Crippen LogP contribution in [0.3, 0.4) is 0 Å². The smallest absolute Gasteiger partial charge is 0.251 e. The first-order chi connectivity index (χ1) is 17.1. The zero-order chi connectivity index (χ0) is 24.5. The van der Waals surface area contributed by atoms with Crippen molar-refractivity contribution in [3.8, 4) is 5.75 Å². The molecule has 0 aliphatic carbocycles. The summed E-state index contributed by atoms with van der Waals surface area (Å²) in [5.74, 6) is 2.10. The van der Waals surface area contributed by atoms with E-state index < -0.39 is 0 Å². The van der Waals surface area contributed by atoms with Gasteiger partial charge in [0, 0.05) is 25.1 Å². The Morgan fingerprint density at radius 1 is 0.857 bits per heavy atom. The van der Waals surface area contributed by atoms with Crippen LogP contribution in [0, 0.1) is 13.8 Å². The molecule has 0 unspecified atom stereocenters. The number of nitrogens with zero attached hydrogens (tertiary/aromatic N) is 2. The summed E-state index contributed by atoms with van der Waals surface area (Å²) in [6.45, 7) is 6.30. The van der Waals surface area contributed by atoms with Crippen LogP contribution in [0.2, 0.25) is 0 Å². The first-order valence-electron chi connectivity index (χ1n) is 12.6. The Bertz CT molecular complexity index is 1260. The Labute approximate surface area is 208 Å². The summed E-state index contributed by atoms with van der Waals surface area (Å²) in [5.41, 5.74) is 5.16. The van der Waals surface area contributed by atoms with E-state index in [0.29, 0.717) is 13.2 Å². The highest BCUT2D eigenvalue weighted by Gasteiger charge is 2.11. The van der Waals surface area contributed by atoms with Gasteiger partial charge in [0.15, 0.2) is 0 Å². The van der Waals surface area contributed by atoms with Gasteiger partial charge < -0.3 is 14.6 Å². The minimum Gasteiger partial charge on any atom is -0.493 e. The van der Waals surface area contributed by atoms with Gasteiger partial charge in [-0.05, 0) is 68.5 Å². The highest BCUT2D eigenvalue weighted by molar-refractivity contribution is 5.95. The molecule has 4 aromatic rings. The van der Waals surface area contributed by atoms with Gasteiger partial charge in [0.05, 0.1) is 17.6 Å². The molecule has 1 aromatic heterocycles. The number of para-hydroxylation sites is 3. The fourth-order valence-corrected chi connectivity index (χ4v) is 4.40. The van der Waals surface area contributed by atoms with Gasteiger partial charge in [-0.1, -0.05) is 55.0 Å². The molecular formula is C30H35N3O2. The summed E-state index contributed by atoms with van der Waals surface area (Å²) in [4.78, 5) is 17.3. The number of aryl methyl sites for hydroxylation is 4. The predicted octanol–water partition coefficient (Wildman–Crippen LogP) is 6.27. The third kappa shape index (κ3) is 6.50. The van der Waals surface area contributed by atoms with E-state index in [9.17, 15) is 4.79 Å². The number of fused-ring (bicyclic) bond motifs is 1. The number of aromatic nitrogens is 2. The van der Waals surface area contributed by atoms with Gasteiger partial charge >= 0.3 is 0 Å². The highest BCUT2D eigenvalue weighted by Crippen LogP contribution is 2.20. The van der Waals surface area contributed by atoms with E-state index in [4.69, 9.17) is 9.72 Å². The molecule has 0 spiro atoms. The molecule has 0 fully saturated rings. The molecule has 4 rings (SSSR count). The molecule has 3 aromatic carbocycles. The molecule has 0 bridgehead atoms. The number of ether oxygens (including phenoxy) is 1. The van der Waals surface area contributed by atoms with E-state index in [0.717, 1.165) is 72.4 Å². The van der Waals surface area contributed by atoms with Crippen molar-refractivity contribution in [1.82, 2.24) is 14.9 Å². The summed E-state index contributed by atoms with van der Waals surface area (Å²) in [7, 11) is 0. The first-order valence-corrected chi connectivity index (χ1v) is 12.6. The molecule has 0 saturated heterocycles. The Morgan fingerprint density at radius 2 is 1.60 bits per heavy atom. The van der Waals surface area contributed by atoms with Crippen molar-refractivity contribution in [3.63, 3.8) is 0 Å². The van der Waals surface area contributed by atoms with Gasteiger partial charge in [-0.25, -0.2) is 4.98 Å². The van der Waals surface area contributed by atoms with Crippen LogP contribution in [-0.4, -0.2) is 28.6 Å². The monoisotopic (exact) mass is 469 g/mol. The van der Waals surface area contributed by atoms with Crippen LogP contribution in [0.15, 0.2) is 72.8 Å². The van der Waals surface area contributed by atoms with E-state index >= 15 is 0 Å². The molecule has 5 nitrogen and oxygen atoms in total. The summed E-state index contributed by atoms with van der Waals surface area (Å²) >= 11 is 0. The number of hydrogen-bond donors (Lipinski definition) is 1. The SMILES string of the molecule is Cc1ccccc1OCCCn1c(CCCCCNC(=O)c2ccccc2C)nc2ccccc21. The van der Waals surface area contributed by atoms with Crippen molar-refractivity contribution >= 4 is 16.9 Å². The number of amides is 1. The van der Waals surface area contributed by atoms with E-state index in [-0.39, 0.29) is 5.91 Å².